The van der Waals surface area contributed by atoms with Gasteiger partial charge in [0.15, 0.2) is 0 Å². The Bertz CT molecular complexity index is 771. The van der Waals surface area contributed by atoms with E-state index in [9.17, 15) is 9.59 Å². The number of para-hydroxylation sites is 1. The van der Waals surface area contributed by atoms with Crippen molar-refractivity contribution in [1.82, 2.24) is 9.97 Å². The number of carbonyl (C=O) groups is 1. The second-order valence-corrected chi connectivity index (χ2v) is 4.01. The number of aromatic amines is 2. The summed E-state index contributed by atoms with van der Waals surface area (Å²) in [5.74, 6) is -0.745. The Morgan fingerprint density at radius 2 is 1.89 bits per heavy atom. The molecule has 0 aliphatic carbocycles. The molecule has 0 aliphatic heterocycles. The summed E-state index contributed by atoms with van der Waals surface area (Å²) in [6.07, 6.45) is 2.01. The monoisotopic (exact) mass is 258 g/mol. The molecule has 0 fully saturated rings. The minimum Gasteiger partial charge on any atom is -0.481 e. The van der Waals surface area contributed by atoms with Crippen LogP contribution in [0.15, 0.2) is 41.3 Å². The van der Waals surface area contributed by atoms with E-state index in [4.69, 9.17) is 5.11 Å². The molecule has 3 aromatic rings. The lowest BCUT2D eigenvalue weighted by Gasteiger charge is -1.97. The Morgan fingerprint density at radius 3 is 2.58 bits per heavy atom. The van der Waals surface area contributed by atoms with Gasteiger partial charge in [-0.2, -0.15) is 0 Å². The molecule has 0 amide bonds. The van der Waals surface area contributed by atoms with Crippen molar-refractivity contribution >= 4 is 27.8 Å². The normalized spacial score (nSPS) is 10.2. The molecule has 2 aromatic heterocycles. The van der Waals surface area contributed by atoms with E-state index >= 15 is 0 Å². The van der Waals surface area contributed by atoms with Crippen LogP contribution >= 0.6 is 0 Å². The summed E-state index contributed by atoms with van der Waals surface area (Å²) in [5.41, 5.74) is 1.46. The lowest BCUT2D eigenvalue weighted by Crippen LogP contribution is -2.05. The first kappa shape index (κ1) is 12.9. The molecule has 0 spiro atoms. The van der Waals surface area contributed by atoms with Gasteiger partial charge in [0.1, 0.15) is 5.52 Å². The summed E-state index contributed by atoms with van der Waals surface area (Å²) >= 11 is 0. The number of carboxylic acids is 1. The second-order valence-electron chi connectivity index (χ2n) is 4.01. The van der Waals surface area contributed by atoms with E-state index in [1.807, 2.05) is 30.3 Å². The van der Waals surface area contributed by atoms with Crippen molar-refractivity contribution in [1.29, 1.82) is 0 Å². The summed E-state index contributed by atoms with van der Waals surface area (Å²) in [5, 5.41) is 9.77. The molecule has 5 nitrogen and oxygen atoms in total. The number of hydrogen-bond acceptors (Lipinski definition) is 2. The summed E-state index contributed by atoms with van der Waals surface area (Å²) in [6.45, 7) is 1.60. The topological polar surface area (TPSA) is 85.9 Å². The Hall–Kier alpha value is -2.56. The zero-order valence-electron chi connectivity index (χ0n) is 10.4. The third kappa shape index (κ3) is 2.65. The lowest BCUT2D eigenvalue weighted by molar-refractivity contribution is -0.136. The third-order valence-electron chi connectivity index (χ3n) is 2.74. The van der Waals surface area contributed by atoms with Gasteiger partial charge in [0.2, 0.25) is 0 Å². The van der Waals surface area contributed by atoms with E-state index in [0.717, 1.165) is 16.3 Å². The van der Waals surface area contributed by atoms with Crippen LogP contribution in [-0.4, -0.2) is 21.0 Å². The van der Waals surface area contributed by atoms with Gasteiger partial charge < -0.3 is 15.1 Å². The average Bonchev–Trinajstić information content (AvgIpc) is 2.90. The highest BCUT2D eigenvalue weighted by Gasteiger charge is 2.03. The predicted molar refractivity (Wildman–Crippen MR) is 74.4 cm³/mol. The number of aromatic nitrogens is 2. The number of nitrogens with one attached hydrogen (secondary N) is 2. The van der Waals surface area contributed by atoms with Gasteiger partial charge in [-0.3, -0.25) is 9.59 Å². The van der Waals surface area contributed by atoms with Crippen molar-refractivity contribution in [3.05, 3.63) is 46.9 Å². The molecule has 0 saturated heterocycles. The van der Waals surface area contributed by atoms with E-state index in [0.29, 0.717) is 5.52 Å². The number of H-pyrrole nitrogens is 2. The molecule has 5 heteroatoms. The van der Waals surface area contributed by atoms with Crippen LogP contribution in [0.3, 0.4) is 0 Å². The van der Waals surface area contributed by atoms with Crippen LogP contribution in [0, 0.1) is 0 Å². The van der Waals surface area contributed by atoms with E-state index in [1.165, 1.54) is 0 Å². The number of aliphatic carboxylic acids is 1. The van der Waals surface area contributed by atoms with Gasteiger partial charge >= 0.3 is 5.97 Å². The number of pyridine rings is 1. The molecule has 3 N–H and O–H groups in total. The lowest BCUT2D eigenvalue weighted by atomic mass is 10.1. The standard InChI is InChI=1S/C11H8N2O.C3H6O2/c14-11-10-8(5-6-12-10)7-3-1-2-4-9(7)13-11;1-2-3(4)5/h1-6,12H,(H,13,14);2H2,1H3,(H,4,5). The Labute approximate surface area is 108 Å². The molecule has 0 unspecified atom stereocenters. The number of rotatable bonds is 1. The summed E-state index contributed by atoms with van der Waals surface area (Å²) < 4.78 is 0. The Balaban J connectivity index is 0.000000232. The molecule has 98 valence electrons. The summed E-state index contributed by atoms with van der Waals surface area (Å²) in [6, 6.07) is 9.71. The van der Waals surface area contributed by atoms with Crippen LogP contribution < -0.4 is 5.56 Å². The van der Waals surface area contributed by atoms with Crippen molar-refractivity contribution in [3.8, 4) is 0 Å². The number of hydrogen-bond donors (Lipinski definition) is 3. The number of benzene rings is 1. The predicted octanol–water partition coefficient (Wildman–Crippen LogP) is 2.49. The van der Waals surface area contributed by atoms with E-state index in [-0.39, 0.29) is 12.0 Å². The molecule has 0 radical (unpaired) electrons. The molecule has 0 atom stereocenters. The summed E-state index contributed by atoms with van der Waals surface area (Å²) in [4.78, 5) is 26.7. The zero-order valence-corrected chi connectivity index (χ0v) is 10.4. The maximum Gasteiger partial charge on any atom is 0.303 e. The van der Waals surface area contributed by atoms with Gasteiger partial charge in [-0.1, -0.05) is 25.1 Å². The maximum atomic E-state index is 11.6. The van der Waals surface area contributed by atoms with Gasteiger partial charge in [-0.05, 0) is 12.1 Å². The van der Waals surface area contributed by atoms with Gasteiger partial charge in [-0.15, -0.1) is 0 Å². The number of fused-ring (bicyclic) bond motifs is 3. The highest BCUT2D eigenvalue weighted by Crippen LogP contribution is 2.19. The fourth-order valence-corrected chi connectivity index (χ4v) is 1.79. The molecule has 19 heavy (non-hydrogen) atoms. The zero-order chi connectivity index (χ0) is 13.8. The molecule has 1 aromatic carbocycles. The van der Waals surface area contributed by atoms with Crippen LogP contribution in [0.25, 0.3) is 21.8 Å². The SMILES string of the molecule is CCC(=O)O.O=c1[nH]c2ccccc2c2cc[nH]c12. The van der Waals surface area contributed by atoms with Crippen molar-refractivity contribution in [2.75, 3.05) is 0 Å². The van der Waals surface area contributed by atoms with E-state index in [1.54, 1.807) is 13.1 Å². The quantitative estimate of drug-likeness (QED) is 0.626. The highest BCUT2D eigenvalue weighted by atomic mass is 16.4. The second kappa shape index (κ2) is 5.39. The smallest absolute Gasteiger partial charge is 0.303 e. The highest BCUT2D eigenvalue weighted by molar-refractivity contribution is 6.03. The molecular weight excluding hydrogens is 244 g/mol. The molecule has 2 heterocycles. The fourth-order valence-electron chi connectivity index (χ4n) is 1.79. The van der Waals surface area contributed by atoms with Crippen molar-refractivity contribution < 1.29 is 9.90 Å². The fraction of sp³-hybridized carbons (Fsp3) is 0.143. The Morgan fingerprint density at radius 1 is 1.21 bits per heavy atom. The Kier molecular flexibility index (Phi) is 3.66. The summed E-state index contributed by atoms with van der Waals surface area (Å²) in [7, 11) is 0. The molecule has 0 aliphatic rings. The van der Waals surface area contributed by atoms with Crippen LogP contribution in [0.4, 0.5) is 0 Å². The van der Waals surface area contributed by atoms with Crippen LogP contribution in [-0.2, 0) is 4.79 Å². The van der Waals surface area contributed by atoms with Crippen LogP contribution in [0.5, 0.6) is 0 Å². The molecule has 0 bridgehead atoms. The molecule has 0 saturated carbocycles. The first-order valence-electron chi connectivity index (χ1n) is 5.93. The third-order valence-corrected chi connectivity index (χ3v) is 2.74. The largest absolute Gasteiger partial charge is 0.481 e. The van der Waals surface area contributed by atoms with Crippen molar-refractivity contribution in [2.24, 2.45) is 0 Å². The van der Waals surface area contributed by atoms with Gasteiger partial charge in [-0.25, -0.2) is 0 Å². The molecule has 3 rings (SSSR count). The number of carboxylic acid groups (broad SMARTS) is 1. The first-order chi connectivity index (χ1) is 9.13. The first-order valence-corrected chi connectivity index (χ1v) is 5.93. The van der Waals surface area contributed by atoms with Crippen LogP contribution in [0.2, 0.25) is 0 Å². The van der Waals surface area contributed by atoms with Crippen molar-refractivity contribution in [3.63, 3.8) is 0 Å². The van der Waals surface area contributed by atoms with Gasteiger partial charge in [0.05, 0.1) is 0 Å². The average molecular weight is 258 g/mol. The van der Waals surface area contributed by atoms with E-state index in [2.05, 4.69) is 9.97 Å². The van der Waals surface area contributed by atoms with Crippen LogP contribution in [0.1, 0.15) is 13.3 Å². The van der Waals surface area contributed by atoms with E-state index < -0.39 is 5.97 Å². The van der Waals surface area contributed by atoms with Gasteiger partial charge in [0, 0.05) is 28.9 Å². The van der Waals surface area contributed by atoms with Gasteiger partial charge in [0.25, 0.3) is 5.56 Å². The molecular formula is C14H14N2O3. The van der Waals surface area contributed by atoms with Crippen molar-refractivity contribution in [2.45, 2.75) is 13.3 Å². The minimum absolute atomic E-state index is 0.0660. The maximum absolute atomic E-state index is 11.6. The minimum atomic E-state index is -0.745.